The molecule has 0 aliphatic heterocycles. The smallest absolute Gasteiger partial charge is 0.251 e. The number of hydrogen-bond acceptors (Lipinski definition) is 2. The molecule has 0 spiro atoms. The SMILES string of the molecule is COCc1ccc(C(=O)N[C@@H](C)c2ccc(F)c(F)c2)cc1. The first-order chi connectivity index (χ1) is 10.5. The first-order valence-electron chi connectivity index (χ1n) is 6.85. The van der Waals surface area contributed by atoms with Gasteiger partial charge in [0.2, 0.25) is 0 Å². The summed E-state index contributed by atoms with van der Waals surface area (Å²) in [6.07, 6.45) is 0. The van der Waals surface area contributed by atoms with Crippen LogP contribution in [-0.4, -0.2) is 13.0 Å². The van der Waals surface area contributed by atoms with Gasteiger partial charge in [0.05, 0.1) is 12.6 Å². The summed E-state index contributed by atoms with van der Waals surface area (Å²) in [4.78, 5) is 12.1. The number of carbonyl (C=O) groups excluding carboxylic acids is 1. The molecule has 0 saturated carbocycles. The lowest BCUT2D eigenvalue weighted by atomic mass is 10.1. The number of nitrogens with one attached hydrogen (secondary N) is 1. The molecular formula is C17H17F2NO2. The van der Waals surface area contributed by atoms with E-state index < -0.39 is 17.7 Å². The van der Waals surface area contributed by atoms with E-state index in [-0.39, 0.29) is 5.91 Å². The lowest BCUT2D eigenvalue weighted by Gasteiger charge is -2.15. The van der Waals surface area contributed by atoms with Crippen molar-refractivity contribution in [1.82, 2.24) is 5.32 Å². The fourth-order valence-corrected chi connectivity index (χ4v) is 2.06. The van der Waals surface area contributed by atoms with Crippen LogP contribution in [0.2, 0.25) is 0 Å². The Kier molecular flexibility index (Phi) is 5.22. The average Bonchev–Trinajstić information content (AvgIpc) is 2.51. The predicted octanol–water partition coefficient (Wildman–Crippen LogP) is 3.60. The van der Waals surface area contributed by atoms with Gasteiger partial charge >= 0.3 is 0 Å². The molecule has 116 valence electrons. The maximum atomic E-state index is 13.2. The monoisotopic (exact) mass is 305 g/mol. The molecule has 0 aliphatic carbocycles. The molecular weight excluding hydrogens is 288 g/mol. The van der Waals surface area contributed by atoms with Gasteiger partial charge in [-0.05, 0) is 42.3 Å². The summed E-state index contributed by atoms with van der Waals surface area (Å²) < 4.78 is 31.1. The van der Waals surface area contributed by atoms with Gasteiger partial charge < -0.3 is 10.1 Å². The molecule has 0 unspecified atom stereocenters. The lowest BCUT2D eigenvalue weighted by molar-refractivity contribution is 0.0939. The molecule has 1 amide bonds. The van der Waals surface area contributed by atoms with Crippen LogP contribution in [0.3, 0.4) is 0 Å². The van der Waals surface area contributed by atoms with Crippen molar-refractivity contribution in [2.75, 3.05) is 7.11 Å². The first kappa shape index (κ1) is 16.1. The van der Waals surface area contributed by atoms with Crippen molar-refractivity contribution in [3.63, 3.8) is 0 Å². The second-order valence-electron chi connectivity index (χ2n) is 5.00. The van der Waals surface area contributed by atoms with Gasteiger partial charge in [0, 0.05) is 12.7 Å². The van der Waals surface area contributed by atoms with Gasteiger partial charge in [-0.15, -0.1) is 0 Å². The maximum absolute atomic E-state index is 13.2. The summed E-state index contributed by atoms with van der Waals surface area (Å²) >= 11 is 0. The molecule has 0 aromatic heterocycles. The van der Waals surface area contributed by atoms with Crippen LogP contribution < -0.4 is 5.32 Å². The number of benzene rings is 2. The molecule has 2 rings (SSSR count). The highest BCUT2D eigenvalue weighted by Crippen LogP contribution is 2.16. The summed E-state index contributed by atoms with van der Waals surface area (Å²) in [5.41, 5.74) is 1.96. The molecule has 5 heteroatoms. The van der Waals surface area contributed by atoms with Crippen molar-refractivity contribution in [3.8, 4) is 0 Å². The number of rotatable bonds is 5. The van der Waals surface area contributed by atoms with E-state index in [1.165, 1.54) is 6.07 Å². The molecule has 0 aliphatic rings. The van der Waals surface area contributed by atoms with Gasteiger partial charge in [0.15, 0.2) is 11.6 Å². The molecule has 0 radical (unpaired) electrons. The van der Waals surface area contributed by atoms with Crippen molar-refractivity contribution in [1.29, 1.82) is 0 Å². The van der Waals surface area contributed by atoms with Crippen molar-refractivity contribution in [3.05, 3.63) is 70.8 Å². The summed E-state index contributed by atoms with van der Waals surface area (Å²) in [5.74, 6) is -2.11. The summed E-state index contributed by atoms with van der Waals surface area (Å²) in [5, 5.41) is 2.75. The Bertz CT molecular complexity index is 656. The van der Waals surface area contributed by atoms with Gasteiger partial charge in [0.1, 0.15) is 0 Å². The molecule has 0 heterocycles. The van der Waals surface area contributed by atoms with Gasteiger partial charge in [-0.2, -0.15) is 0 Å². The zero-order valence-electron chi connectivity index (χ0n) is 12.4. The molecule has 2 aromatic rings. The standard InChI is InChI=1S/C17H17F2NO2/c1-11(14-7-8-15(18)16(19)9-14)20-17(21)13-5-3-12(4-6-13)10-22-2/h3-9,11H,10H2,1-2H3,(H,20,21)/t11-/m0/s1. The third kappa shape index (κ3) is 3.89. The van der Waals surface area contributed by atoms with Gasteiger partial charge in [-0.25, -0.2) is 8.78 Å². The van der Waals surface area contributed by atoms with Gasteiger partial charge in [0.25, 0.3) is 5.91 Å². The Morgan fingerprint density at radius 3 is 2.41 bits per heavy atom. The highest BCUT2D eigenvalue weighted by Gasteiger charge is 2.13. The normalized spacial score (nSPS) is 12.0. The molecule has 1 atom stereocenters. The molecule has 3 nitrogen and oxygen atoms in total. The van der Waals surface area contributed by atoms with Crippen molar-refractivity contribution >= 4 is 5.91 Å². The first-order valence-corrected chi connectivity index (χ1v) is 6.85. The quantitative estimate of drug-likeness (QED) is 0.916. The minimum Gasteiger partial charge on any atom is -0.380 e. The van der Waals surface area contributed by atoms with Crippen LogP contribution in [0, 0.1) is 11.6 Å². The largest absolute Gasteiger partial charge is 0.380 e. The topological polar surface area (TPSA) is 38.3 Å². The number of ether oxygens (including phenoxy) is 1. The molecule has 0 saturated heterocycles. The average molecular weight is 305 g/mol. The number of carbonyl (C=O) groups is 1. The van der Waals surface area contributed by atoms with Crippen molar-refractivity contribution < 1.29 is 18.3 Å². The minimum atomic E-state index is -0.928. The second-order valence-corrected chi connectivity index (χ2v) is 5.00. The van der Waals surface area contributed by atoms with Gasteiger partial charge in [-0.3, -0.25) is 4.79 Å². The Hall–Kier alpha value is -2.27. The highest BCUT2D eigenvalue weighted by atomic mass is 19.2. The van der Waals surface area contributed by atoms with Crippen molar-refractivity contribution in [2.24, 2.45) is 0 Å². The van der Waals surface area contributed by atoms with Crippen molar-refractivity contribution in [2.45, 2.75) is 19.6 Å². The number of halogens is 2. The van der Waals surface area contributed by atoms with Gasteiger partial charge in [-0.1, -0.05) is 18.2 Å². The van der Waals surface area contributed by atoms with E-state index in [0.29, 0.717) is 17.7 Å². The van der Waals surface area contributed by atoms with Crippen LogP contribution in [-0.2, 0) is 11.3 Å². The van der Waals surface area contributed by atoms with Crippen LogP contribution in [0.15, 0.2) is 42.5 Å². The Morgan fingerprint density at radius 1 is 1.14 bits per heavy atom. The molecule has 22 heavy (non-hydrogen) atoms. The maximum Gasteiger partial charge on any atom is 0.251 e. The van der Waals surface area contributed by atoms with E-state index >= 15 is 0 Å². The molecule has 0 fully saturated rings. The van der Waals surface area contributed by atoms with E-state index in [2.05, 4.69) is 5.32 Å². The third-order valence-electron chi connectivity index (χ3n) is 3.32. The zero-order valence-corrected chi connectivity index (χ0v) is 12.4. The predicted molar refractivity (Wildman–Crippen MR) is 79.4 cm³/mol. The van der Waals surface area contributed by atoms with Crippen LogP contribution in [0.1, 0.15) is 34.5 Å². The second kappa shape index (κ2) is 7.13. The number of hydrogen-bond donors (Lipinski definition) is 1. The van der Waals surface area contributed by atoms with Crippen LogP contribution in [0.4, 0.5) is 8.78 Å². The van der Waals surface area contributed by atoms with Crippen LogP contribution >= 0.6 is 0 Å². The van der Waals surface area contributed by atoms with E-state index in [1.807, 2.05) is 0 Å². The molecule has 1 N–H and O–H groups in total. The zero-order chi connectivity index (χ0) is 16.1. The fourth-order valence-electron chi connectivity index (χ4n) is 2.06. The van der Waals surface area contributed by atoms with E-state index in [0.717, 1.165) is 17.7 Å². The lowest BCUT2D eigenvalue weighted by Crippen LogP contribution is -2.26. The minimum absolute atomic E-state index is 0.277. The fraction of sp³-hybridized carbons (Fsp3) is 0.235. The molecule has 2 aromatic carbocycles. The summed E-state index contributed by atoms with van der Waals surface area (Å²) in [6.45, 7) is 2.19. The Morgan fingerprint density at radius 2 is 1.82 bits per heavy atom. The summed E-state index contributed by atoms with van der Waals surface area (Å²) in [6, 6.07) is 10.2. The highest BCUT2D eigenvalue weighted by molar-refractivity contribution is 5.94. The van der Waals surface area contributed by atoms with Crippen LogP contribution in [0.5, 0.6) is 0 Å². The van der Waals surface area contributed by atoms with E-state index in [4.69, 9.17) is 4.74 Å². The summed E-state index contributed by atoms with van der Waals surface area (Å²) in [7, 11) is 1.60. The van der Waals surface area contributed by atoms with Crippen LogP contribution in [0.25, 0.3) is 0 Å². The number of methoxy groups -OCH3 is 1. The number of amides is 1. The van der Waals surface area contributed by atoms with E-state index in [9.17, 15) is 13.6 Å². The molecule has 0 bridgehead atoms. The Balaban J connectivity index is 2.05. The third-order valence-corrected chi connectivity index (χ3v) is 3.32. The Labute approximate surface area is 127 Å². The van der Waals surface area contributed by atoms with E-state index in [1.54, 1.807) is 38.3 Å².